The van der Waals surface area contributed by atoms with E-state index >= 15 is 0 Å². The number of nitrogens with one attached hydrogen (secondary N) is 2. The molecule has 2 aromatic carbocycles. The van der Waals surface area contributed by atoms with Crippen LogP contribution in [0.25, 0.3) is 10.2 Å². The normalized spacial score (nSPS) is 10.7. The van der Waals surface area contributed by atoms with Crippen LogP contribution in [0.2, 0.25) is 5.02 Å². The molecule has 2 amide bonds. The summed E-state index contributed by atoms with van der Waals surface area (Å²) >= 11 is 7.38. The average Bonchev–Trinajstić information content (AvgIpc) is 3.06. The SMILES string of the molecule is O=C(CCCCCNC(=O)c1ccccc1)Nc1nc2ccc(Cl)cc2s1. The van der Waals surface area contributed by atoms with Crippen molar-refractivity contribution in [2.45, 2.75) is 25.7 Å². The molecule has 0 aliphatic carbocycles. The summed E-state index contributed by atoms with van der Waals surface area (Å²) in [6.07, 6.45) is 2.91. The molecule has 0 atom stereocenters. The van der Waals surface area contributed by atoms with Gasteiger partial charge in [-0.1, -0.05) is 47.6 Å². The third-order valence-corrected chi connectivity index (χ3v) is 5.17. The predicted octanol–water partition coefficient (Wildman–Crippen LogP) is 4.88. The van der Waals surface area contributed by atoms with Gasteiger partial charge in [0.2, 0.25) is 5.91 Å². The maximum absolute atomic E-state index is 12.0. The Morgan fingerprint density at radius 3 is 2.67 bits per heavy atom. The van der Waals surface area contributed by atoms with Crippen LogP contribution in [0, 0.1) is 0 Å². The molecule has 1 aromatic heterocycles. The first-order valence-corrected chi connectivity index (χ1v) is 10.0. The maximum atomic E-state index is 12.0. The number of nitrogens with zero attached hydrogens (tertiary/aromatic N) is 1. The van der Waals surface area contributed by atoms with Gasteiger partial charge in [0, 0.05) is 23.6 Å². The van der Waals surface area contributed by atoms with Crippen LogP contribution in [0.15, 0.2) is 48.5 Å². The summed E-state index contributed by atoms with van der Waals surface area (Å²) < 4.78 is 0.951. The minimum absolute atomic E-state index is 0.0477. The van der Waals surface area contributed by atoms with Crippen molar-refractivity contribution in [3.05, 3.63) is 59.1 Å². The second-order valence-electron chi connectivity index (χ2n) is 6.11. The fraction of sp³-hybridized carbons (Fsp3) is 0.250. The fourth-order valence-electron chi connectivity index (χ4n) is 2.61. The zero-order valence-corrected chi connectivity index (χ0v) is 16.3. The number of hydrogen-bond acceptors (Lipinski definition) is 4. The molecule has 0 aliphatic rings. The molecule has 27 heavy (non-hydrogen) atoms. The Bertz CT molecular complexity index is 927. The van der Waals surface area contributed by atoms with Crippen molar-refractivity contribution in [1.82, 2.24) is 10.3 Å². The number of fused-ring (bicyclic) bond motifs is 1. The molecule has 0 saturated carbocycles. The Balaban J connectivity index is 1.33. The first-order chi connectivity index (χ1) is 13.1. The van der Waals surface area contributed by atoms with E-state index in [1.165, 1.54) is 11.3 Å². The van der Waals surface area contributed by atoms with Crippen LogP contribution in [0.3, 0.4) is 0 Å². The van der Waals surface area contributed by atoms with Crippen LogP contribution < -0.4 is 10.6 Å². The van der Waals surface area contributed by atoms with Gasteiger partial charge < -0.3 is 10.6 Å². The highest BCUT2D eigenvalue weighted by Crippen LogP contribution is 2.28. The lowest BCUT2D eigenvalue weighted by molar-refractivity contribution is -0.116. The van der Waals surface area contributed by atoms with Crippen molar-refractivity contribution in [3.8, 4) is 0 Å². The Morgan fingerprint density at radius 1 is 1.04 bits per heavy atom. The van der Waals surface area contributed by atoms with Gasteiger partial charge in [0.1, 0.15) is 0 Å². The smallest absolute Gasteiger partial charge is 0.251 e. The first kappa shape index (κ1) is 19.3. The number of halogens is 1. The van der Waals surface area contributed by atoms with Crippen LogP contribution in [-0.4, -0.2) is 23.3 Å². The summed E-state index contributed by atoms with van der Waals surface area (Å²) in [5.41, 5.74) is 1.49. The molecule has 0 bridgehead atoms. The standard InChI is InChI=1S/C20H20ClN3O2S/c21-15-10-11-16-17(13-15)27-20(23-16)24-18(25)9-5-2-6-12-22-19(26)14-7-3-1-4-8-14/h1,3-4,7-8,10-11,13H,2,5-6,9,12H2,(H,22,26)(H,23,24,25). The lowest BCUT2D eigenvalue weighted by Crippen LogP contribution is -2.24. The van der Waals surface area contributed by atoms with Crippen molar-refractivity contribution in [1.29, 1.82) is 0 Å². The Kier molecular flexibility index (Phi) is 6.79. The molecule has 0 spiro atoms. The molecule has 5 nitrogen and oxygen atoms in total. The van der Waals surface area contributed by atoms with Crippen molar-refractivity contribution in [3.63, 3.8) is 0 Å². The van der Waals surface area contributed by atoms with Crippen LogP contribution in [0.1, 0.15) is 36.0 Å². The largest absolute Gasteiger partial charge is 0.352 e. The number of benzene rings is 2. The second kappa shape index (κ2) is 9.48. The minimum atomic E-state index is -0.0655. The maximum Gasteiger partial charge on any atom is 0.251 e. The summed E-state index contributed by atoms with van der Waals surface area (Å²) in [7, 11) is 0. The fourth-order valence-corrected chi connectivity index (χ4v) is 3.77. The molecule has 0 fully saturated rings. The number of rotatable bonds is 8. The number of hydrogen-bond donors (Lipinski definition) is 2. The van der Waals surface area contributed by atoms with E-state index in [1.807, 2.05) is 30.3 Å². The molecule has 3 aromatic rings. The minimum Gasteiger partial charge on any atom is -0.352 e. The summed E-state index contributed by atoms with van der Waals surface area (Å²) in [6.45, 7) is 0.605. The number of carbonyl (C=O) groups excluding carboxylic acids is 2. The van der Waals surface area contributed by atoms with Crippen molar-refractivity contribution >= 4 is 50.1 Å². The van der Waals surface area contributed by atoms with Gasteiger partial charge in [0.15, 0.2) is 5.13 Å². The summed E-state index contributed by atoms with van der Waals surface area (Å²) in [6, 6.07) is 14.6. The van der Waals surface area contributed by atoms with E-state index in [-0.39, 0.29) is 11.8 Å². The predicted molar refractivity (Wildman–Crippen MR) is 111 cm³/mol. The van der Waals surface area contributed by atoms with Crippen molar-refractivity contribution in [2.24, 2.45) is 0 Å². The lowest BCUT2D eigenvalue weighted by atomic mass is 10.1. The Hall–Kier alpha value is -2.44. The van der Waals surface area contributed by atoms with Gasteiger partial charge in [-0.3, -0.25) is 9.59 Å². The zero-order valence-electron chi connectivity index (χ0n) is 14.7. The third kappa shape index (κ3) is 5.77. The molecule has 140 valence electrons. The number of amides is 2. The van der Waals surface area contributed by atoms with E-state index < -0.39 is 0 Å². The summed E-state index contributed by atoms with van der Waals surface area (Å²) in [5, 5.41) is 6.97. The Morgan fingerprint density at radius 2 is 1.85 bits per heavy atom. The molecule has 3 rings (SSSR count). The van der Waals surface area contributed by atoms with E-state index in [4.69, 9.17) is 11.6 Å². The lowest BCUT2D eigenvalue weighted by Gasteiger charge is -2.05. The van der Waals surface area contributed by atoms with Gasteiger partial charge in [0.05, 0.1) is 10.2 Å². The van der Waals surface area contributed by atoms with Crippen LogP contribution in [0.4, 0.5) is 5.13 Å². The number of carbonyl (C=O) groups is 2. The van der Waals surface area contributed by atoms with Crippen LogP contribution in [-0.2, 0) is 4.79 Å². The summed E-state index contributed by atoms with van der Waals surface area (Å²) in [4.78, 5) is 28.3. The molecule has 1 heterocycles. The highest BCUT2D eigenvalue weighted by molar-refractivity contribution is 7.22. The molecule has 0 aliphatic heterocycles. The van der Waals surface area contributed by atoms with Crippen LogP contribution in [0.5, 0.6) is 0 Å². The highest BCUT2D eigenvalue weighted by atomic mass is 35.5. The molecular weight excluding hydrogens is 382 g/mol. The molecular formula is C20H20ClN3O2S. The molecule has 2 N–H and O–H groups in total. The van der Waals surface area contributed by atoms with E-state index in [1.54, 1.807) is 18.2 Å². The monoisotopic (exact) mass is 401 g/mol. The average molecular weight is 402 g/mol. The number of anilines is 1. The van der Waals surface area contributed by atoms with Crippen LogP contribution >= 0.6 is 22.9 Å². The van der Waals surface area contributed by atoms with Gasteiger partial charge in [-0.15, -0.1) is 0 Å². The van der Waals surface area contributed by atoms with E-state index in [0.717, 1.165) is 29.5 Å². The molecule has 7 heteroatoms. The van der Waals surface area contributed by atoms with Gasteiger partial charge >= 0.3 is 0 Å². The second-order valence-corrected chi connectivity index (χ2v) is 7.58. The van der Waals surface area contributed by atoms with Gasteiger partial charge in [-0.05, 0) is 43.2 Å². The van der Waals surface area contributed by atoms with E-state index in [2.05, 4.69) is 15.6 Å². The quantitative estimate of drug-likeness (QED) is 0.528. The number of aromatic nitrogens is 1. The number of thiazole rings is 1. The third-order valence-electron chi connectivity index (χ3n) is 4.00. The van der Waals surface area contributed by atoms with Crippen molar-refractivity contribution < 1.29 is 9.59 Å². The van der Waals surface area contributed by atoms with E-state index in [0.29, 0.717) is 28.7 Å². The number of unbranched alkanes of at least 4 members (excludes halogenated alkanes) is 2. The molecule has 0 unspecified atom stereocenters. The van der Waals surface area contributed by atoms with E-state index in [9.17, 15) is 9.59 Å². The van der Waals surface area contributed by atoms with Gasteiger partial charge in [-0.2, -0.15) is 0 Å². The van der Waals surface area contributed by atoms with Gasteiger partial charge in [0.25, 0.3) is 5.91 Å². The first-order valence-electron chi connectivity index (χ1n) is 8.81. The molecule has 0 saturated heterocycles. The van der Waals surface area contributed by atoms with Gasteiger partial charge in [-0.25, -0.2) is 4.98 Å². The Labute approximate surface area is 166 Å². The summed E-state index contributed by atoms with van der Waals surface area (Å²) in [5.74, 6) is -0.113. The van der Waals surface area contributed by atoms with Crippen molar-refractivity contribution in [2.75, 3.05) is 11.9 Å². The zero-order chi connectivity index (χ0) is 19.1. The topological polar surface area (TPSA) is 71.1 Å². The molecule has 0 radical (unpaired) electrons. The highest BCUT2D eigenvalue weighted by Gasteiger charge is 2.08.